The molecule has 2 aromatic carbocycles. The molecule has 1 aromatic heterocycles. The molecule has 0 saturated heterocycles. The smallest absolute Gasteiger partial charge is 0.271 e. The van der Waals surface area contributed by atoms with E-state index in [4.69, 9.17) is 23.2 Å². The van der Waals surface area contributed by atoms with Gasteiger partial charge >= 0.3 is 0 Å². The molecule has 0 aliphatic rings. The molecule has 3 rings (SSSR count). The number of benzene rings is 2. The van der Waals surface area contributed by atoms with E-state index in [0.29, 0.717) is 21.6 Å². The predicted molar refractivity (Wildman–Crippen MR) is 126 cm³/mol. The zero-order chi connectivity index (χ0) is 24.1. The third-order valence-electron chi connectivity index (χ3n) is 4.49. The van der Waals surface area contributed by atoms with E-state index >= 15 is 0 Å². The summed E-state index contributed by atoms with van der Waals surface area (Å²) in [6, 6.07) is 10.0. The molecule has 0 unspecified atom stereocenters. The molecule has 10 nitrogen and oxygen atoms in total. The number of anilines is 1. The fraction of sp³-hybridized carbons (Fsp3) is 0.200. The molecular weight excluding hydrogens is 491 g/mol. The van der Waals surface area contributed by atoms with E-state index in [2.05, 4.69) is 20.8 Å². The lowest BCUT2D eigenvalue weighted by atomic mass is 10.2. The van der Waals surface area contributed by atoms with Crippen LogP contribution in [0.4, 0.5) is 11.4 Å². The van der Waals surface area contributed by atoms with Gasteiger partial charge in [0, 0.05) is 19.2 Å². The Bertz CT molecular complexity index is 1220. The number of thioether (sulfide) groups is 1. The summed E-state index contributed by atoms with van der Waals surface area (Å²) in [7, 11) is 1.71. The van der Waals surface area contributed by atoms with Crippen molar-refractivity contribution in [3.05, 3.63) is 74.0 Å². The quantitative estimate of drug-likeness (QED) is 0.264. The first-order valence-corrected chi connectivity index (χ1v) is 11.2. The van der Waals surface area contributed by atoms with Crippen molar-refractivity contribution in [1.82, 2.24) is 20.1 Å². The monoisotopic (exact) mass is 508 g/mol. The van der Waals surface area contributed by atoms with Gasteiger partial charge in [-0.05, 0) is 25.1 Å². The summed E-state index contributed by atoms with van der Waals surface area (Å²) in [5.74, 6) is -0.323. The molecule has 0 aliphatic carbocycles. The van der Waals surface area contributed by atoms with Crippen molar-refractivity contribution in [3.8, 4) is 0 Å². The van der Waals surface area contributed by atoms with Gasteiger partial charge in [-0.3, -0.25) is 19.7 Å². The maximum absolute atomic E-state index is 12.5. The van der Waals surface area contributed by atoms with Crippen LogP contribution in [0.15, 0.2) is 47.6 Å². The maximum Gasteiger partial charge on any atom is 0.271 e. The number of hydrogen-bond donors (Lipinski definition) is 2. The molecule has 33 heavy (non-hydrogen) atoms. The van der Waals surface area contributed by atoms with E-state index in [1.54, 1.807) is 42.8 Å². The molecular formula is C20H18Cl2N6O4S. The van der Waals surface area contributed by atoms with Crippen LogP contribution in [0.5, 0.6) is 0 Å². The number of nitrogens with zero attached hydrogens (tertiary/aromatic N) is 4. The van der Waals surface area contributed by atoms with Crippen LogP contribution in [0.25, 0.3) is 0 Å². The molecule has 0 aliphatic heterocycles. The minimum absolute atomic E-state index is 0.0364. The van der Waals surface area contributed by atoms with E-state index in [9.17, 15) is 19.7 Å². The highest BCUT2D eigenvalue weighted by Gasteiger charge is 2.20. The summed E-state index contributed by atoms with van der Waals surface area (Å²) in [5.41, 5.74) is 0.304. The van der Waals surface area contributed by atoms with E-state index in [1.807, 2.05) is 0 Å². The summed E-state index contributed by atoms with van der Waals surface area (Å²) >= 11 is 13.2. The fourth-order valence-corrected chi connectivity index (χ4v) is 3.96. The van der Waals surface area contributed by atoms with Gasteiger partial charge in [-0.15, -0.1) is 10.2 Å². The van der Waals surface area contributed by atoms with Crippen LogP contribution < -0.4 is 10.6 Å². The second-order valence-corrected chi connectivity index (χ2v) is 8.59. The molecule has 1 heterocycles. The van der Waals surface area contributed by atoms with Crippen LogP contribution in [0, 0.1) is 10.1 Å². The Kier molecular flexibility index (Phi) is 7.90. The standard InChI is InChI=1S/C20H18Cl2N6O4S/c1-11(23-19(30)13-5-3-4-6-14(13)21)18-25-26-20(27(18)2)33-10-17(29)24-16-9-12(28(31)32)7-8-15(16)22/h3-9,11H,10H2,1-2H3,(H,23,30)(H,24,29)/t11-/m1/s1. The summed E-state index contributed by atoms with van der Waals surface area (Å²) in [4.78, 5) is 35.1. The van der Waals surface area contributed by atoms with Crippen molar-refractivity contribution in [1.29, 1.82) is 0 Å². The predicted octanol–water partition coefficient (Wildman–Crippen LogP) is 4.25. The molecule has 3 aromatic rings. The second-order valence-electron chi connectivity index (χ2n) is 6.83. The highest BCUT2D eigenvalue weighted by atomic mass is 35.5. The normalized spacial score (nSPS) is 11.6. The number of carbonyl (C=O) groups is 2. The van der Waals surface area contributed by atoms with Crippen LogP contribution in [-0.4, -0.2) is 37.3 Å². The first kappa shape index (κ1) is 24.5. The molecule has 0 radical (unpaired) electrons. The number of non-ortho nitro benzene ring substituents is 1. The Labute approximate surface area is 202 Å². The number of halogens is 2. The molecule has 2 N–H and O–H groups in total. The number of rotatable bonds is 8. The van der Waals surface area contributed by atoms with Crippen molar-refractivity contribution in [3.63, 3.8) is 0 Å². The lowest BCUT2D eigenvalue weighted by Crippen LogP contribution is -2.28. The van der Waals surface area contributed by atoms with Gasteiger partial charge in [-0.25, -0.2) is 0 Å². The number of nitrogens with one attached hydrogen (secondary N) is 2. The molecule has 1 atom stereocenters. The largest absolute Gasteiger partial charge is 0.342 e. The van der Waals surface area contributed by atoms with Crippen LogP contribution in [0.2, 0.25) is 10.0 Å². The van der Waals surface area contributed by atoms with E-state index in [-0.39, 0.29) is 28.1 Å². The van der Waals surface area contributed by atoms with Crippen molar-refractivity contribution >= 4 is 58.2 Å². The maximum atomic E-state index is 12.5. The molecule has 0 saturated carbocycles. The number of nitro benzene ring substituents is 1. The average molecular weight is 509 g/mol. The van der Waals surface area contributed by atoms with Crippen molar-refractivity contribution in [2.45, 2.75) is 18.1 Å². The number of amides is 2. The highest BCUT2D eigenvalue weighted by molar-refractivity contribution is 7.99. The Morgan fingerprint density at radius 2 is 1.91 bits per heavy atom. The number of nitro groups is 1. The molecule has 172 valence electrons. The Balaban J connectivity index is 1.61. The molecule has 13 heteroatoms. The summed E-state index contributed by atoms with van der Waals surface area (Å²) in [6.07, 6.45) is 0. The van der Waals surface area contributed by atoms with Crippen LogP contribution >= 0.6 is 35.0 Å². The lowest BCUT2D eigenvalue weighted by molar-refractivity contribution is -0.384. The lowest BCUT2D eigenvalue weighted by Gasteiger charge is -2.14. The zero-order valence-corrected chi connectivity index (χ0v) is 19.7. The van der Waals surface area contributed by atoms with Gasteiger partial charge in [0.2, 0.25) is 5.91 Å². The van der Waals surface area contributed by atoms with E-state index in [0.717, 1.165) is 11.8 Å². The van der Waals surface area contributed by atoms with Gasteiger partial charge in [-0.2, -0.15) is 0 Å². The van der Waals surface area contributed by atoms with Crippen molar-refractivity contribution in [2.75, 3.05) is 11.1 Å². The third kappa shape index (κ3) is 6.01. The van der Waals surface area contributed by atoms with E-state index in [1.165, 1.54) is 18.2 Å². The Morgan fingerprint density at radius 3 is 2.61 bits per heavy atom. The summed E-state index contributed by atoms with van der Waals surface area (Å²) < 4.78 is 1.66. The van der Waals surface area contributed by atoms with Gasteiger partial charge in [0.25, 0.3) is 11.6 Å². The molecule has 0 fully saturated rings. The zero-order valence-electron chi connectivity index (χ0n) is 17.4. The topological polar surface area (TPSA) is 132 Å². The summed E-state index contributed by atoms with van der Waals surface area (Å²) in [5, 5.41) is 25.4. The van der Waals surface area contributed by atoms with Crippen molar-refractivity contribution < 1.29 is 14.5 Å². The van der Waals surface area contributed by atoms with Crippen LogP contribution in [0.3, 0.4) is 0 Å². The van der Waals surface area contributed by atoms with Gasteiger partial charge < -0.3 is 15.2 Å². The molecule has 2 amide bonds. The summed E-state index contributed by atoms with van der Waals surface area (Å²) in [6.45, 7) is 1.75. The number of carbonyl (C=O) groups excluding carboxylic acids is 2. The average Bonchev–Trinajstić information content (AvgIpc) is 3.14. The Morgan fingerprint density at radius 1 is 1.18 bits per heavy atom. The minimum Gasteiger partial charge on any atom is -0.342 e. The van der Waals surface area contributed by atoms with Gasteiger partial charge in [0.15, 0.2) is 11.0 Å². The minimum atomic E-state index is -0.576. The first-order chi connectivity index (χ1) is 15.7. The molecule has 0 bridgehead atoms. The number of hydrogen-bond acceptors (Lipinski definition) is 7. The van der Waals surface area contributed by atoms with Gasteiger partial charge in [0.1, 0.15) is 0 Å². The second kappa shape index (κ2) is 10.6. The Hall–Kier alpha value is -3.15. The third-order valence-corrected chi connectivity index (χ3v) is 6.17. The number of aromatic nitrogens is 3. The SMILES string of the molecule is C[C@@H](NC(=O)c1ccccc1Cl)c1nnc(SCC(=O)Nc2cc([N+](=O)[O-])ccc2Cl)n1C. The molecule has 0 spiro atoms. The van der Waals surface area contributed by atoms with Crippen molar-refractivity contribution in [2.24, 2.45) is 7.05 Å². The fourth-order valence-electron chi connectivity index (χ4n) is 2.85. The highest BCUT2D eigenvalue weighted by Crippen LogP contribution is 2.27. The van der Waals surface area contributed by atoms with E-state index < -0.39 is 16.9 Å². The van der Waals surface area contributed by atoms with Crippen LogP contribution in [0.1, 0.15) is 29.1 Å². The van der Waals surface area contributed by atoms with Gasteiger partial charge in [-0.1, -0.05) is 47.1 Å². The van der Waals surface area contributed by atoms with Gasteiger partial charge in [0.05, 0.1) is 38.0 Å². The first-order valence-electron chi connectivity index (χ1n) is 9.48. The van der Waals surface area contributed by atoms with Crippen LogP contribution in [-0.2, 0) is 11.8 Å².